The van der Waals surface area contributed by atoms with Gasteiger partial charge in [-0.2, -0.15) is 0 Å². The minimum atomic E-state index is 0.0764. The summed E-state index contributed by atoms with van der Waals surface area (Å²) in [5, 5.41) is 3.02. The number of carbonyl (C=O) groups excluding carboxylic acids is 2. The molecular weight excluding hydrogens is 314 g/mol. The Morgan fingerprint density at radius 3 is 2.44 bits per heavy atom. The molecule has 1 saturated heterocycles. The van der Waals surface area contributed by atoms with E-state index in [0.717, 1.165) is 56.7 Å². The van der Waals surface area contributed by atoms with Crippen molar-refractivity contribution in [3.05, 3.63) is 42.0 Å². The summed E-state index contributed by atoms with van der Waals surface area (Å²) in [5.41, 5.74) is 2.07. The van der Waals surface area contributed by atoms with Crippen LogP contribution in [0.15, 0.2) is 36.4 Å². The van der Waals surface area contributed by atoms with E-state index in [1.54, 1.807) is 6.08 Å². The van der Waals surface area contributed by atoms with Crippen molar-refractivity contribution in [1.82, 2.24) is 15.1 Å². The number of rotatable bonds is 6. The van der Waals surface area contributed by atoms with Gasteiger partial charge in [-0.1, -0.05) is 30.3 Å². The second-order valence-corrected chi connectivity index (χ2v) is 6.95. The molecule has 2 fully saturated rings. The number of allylic oxidation sites excluding steroid dienone is 1. The number of piperazine rings is 1. The number of carbonyl (C=O) groups is 2. The first-order chi connectivity index (χ1) is 12.1. The topological polar surface area (TPSA) is 52.7 Å². The molecule has 25 heavy (non-hydrogen) atoms. The summed E-state index contributed by atoms with van der Waals surface area (Å²) in [5.74, 6) is 0.231. The quantitative estimate of drug-likeness (QED) is 0.804. The zero-order chi connectivity index (χ0) is 17.6. The van der Waals surface area contributed by atoms with E-state index in [0.29, 0.717) is 12.5 Å². The van der Waals surface area contributed by atoms with Crippen molar-refractivity contribution >= 4 is 17.4 Å². The van der Waals surface area contributed by atoms with Crippen LogP contribution in [0.1, 0.15) is 31.7 Å². The molecule has 3 rings (SSSR count). The second-order valence-electron chi connectivity index (χ2n) is 6.95. The monoisotopic (exact) mass is 341 g/mol. The fourth-order valence-electron chi connectivity index (χ4n) is 3.04. The molecule has 0 aromatic heterocycles. The zero-order valence-electron chi connectivity index (χ0n) is 14.9. The first-order valence-electron chi connectivity index (χ1n) is 9.16. The van der Waals surface area contributed by atoms with Crippen LogP contribution in [0.5, 0.6) is 0 Å². The zero-order valence-corrected chi connectivity index (χ0v) is 14.9. The lowest BCUT2D eigenvalue weighted by Crippen LogP contribution is -2.49. The molecule has 0 unspecified atom stereocenters. The van der Waals surface area contributed by atoms with Gasteiger partial charge in [-0.25, -0.2) is 0 Å². The molecular formula is C20H27N3O2. The average molecular weight is 341 g/mol. The molecule has 0 radical (unpaired) electrons. The molecule has 1 aliphatic heterocycles. The van der Waals surface area contributed by atoms with Crippen molar-refractivity contribution in [2.45, 2.75) is 32.2 Å². The van der Waals surface area contributed by atoms with Gasteiger partial charge in [-0.05, 0) is 30.9 Å². The van der Waals surface area contributed by atoms with Gasteiger partial charge in [-0.3, -0.25) is 14.5 Å². The summed E-state index contributed by atoms with van der Waals surface area (Å²) < 4.78 is 0. The second kappa shape index (κ2) is 8.30. The highest BCUT2D eigenvalue weighted by atomic mass is 16.2. The predicted molar refractivity (Wildman–Crippen MR) is 98.9 cm³/mol. The van der Waals surface area contributed by atoms with Crippen LogP contribution in [-0.4, -0.2) is 60.4 Å². The maximum absolute atomic E-state index is 12.4. The Hall–Kier alpha value is -2.14. The minimum absolute atomic E-state index is 0.0764. The van der Waals surface area contributed by atoms with Gasteiger partial charge in [0.15, 0.2) is 0 Å². The third-order valence-corrected chi connectivity index (χ3v) is 4.85. The summed E-state index contributed by atoms with van der Waals surface area (Å²) in [6.07, 6.45) is 4.54. The lowest BCUT2D eigenvalue weighted by Gasteiger charge is -2.34. The molecule has 1 saturated carbocycles. The maximum Gasteiger partial charge on any atom is 0.246 e. The number of nitrogens with zero attached hydrogens (tertiary/aromatic N) is 2. The molecule has 2 aliphatic rings. The fraction of sp³-hybridized carbons (Fsp3) is 0.500. The van der Waals surface area contributed by atoms with Crippen molar-refractivity contribution in [1.29, 1.82) is 0 Å². The molecule has 1 aromatic carbocycles. The molecule has 1 aliphatic carbocycles. The summed E-state index contributed by atoms with van der Waals surface area (Å²) in [4.78, 5) is 28.4. The first-order valence-corrected chi connectivity index (χ1v) is 9.16. The van der Waals surface area contributed by atoms with E-state index >= 15 is 0 Å². The molecule has 1 heterocycles. The van der Waals surface area contributed by atoms with Crippen molar-refractivity contribution in [3.8, 4) is 0 Å². The third-order valence-electron chi connectivity index (χ3n) is 4.85. The molecule has 2 amide bonds. The van der Waals surface area contributed by atoms with Crippen molar-refractivity contribution < 1.29 is 9.59 Å². The van der Waals surface area contributed by atoms with E-state index in [1.165, 1.54) is 0 Å². The Kier molecular flexibility index (Phi) is 5.87. The van der Waals surface area contributed by atoms with E-state index in [9.17, 15) is 9.59 Å². The number of nitrogens with one attached hydrogen (secondary N) is 1. The fourth-order valence-corrected chi connectivity index (χ4v) is 3.04. The van der Waals surface area contributed by atoms with Gasteiger partial charge >= 0.3 is 0 Å². The van der Waals surface area contributed by atoms with Gasteiger partial charge in [0.2, 0.25) is 11.8 Å². The Labute approximate surface area is 149 Å². The minimum Gasteiger partial charge on any atom is -0.353 e. The molecule has 0 spiro atoms. The van der Waals surface area contributed by atoms with E-state index in [-0.39, 0.29) is 11.8 Å². The number of hydrogen-bond acceptors (Lipinski definition) is 3. The van der Waals surface area contributed by atoms with Gasteiger partial charge in [0.25, 0.3) is 0 Å². The van der Waals surface area contributed by atoms with Gasteiger partial charge < -0.3 is 10.2 Å². The lowest BCUT2D eigenvalue weighted by molar-refractivity contribution is -0.128. The largest absolute Gasteiger partial charge is 0.353 e. The third kappa shape index (κ3) is 5.43. The van der Waals surface area contributed by atoms with Crippen LogP contribution in [0.3, 0.4) is 0 Å². The van der Waals surface area contributed by atoms with Crippen LogP contribution in [0.25, 0.3) is 5.57 Å². The summed E-state index contributed by atoms with van der Waals surface area (Å²) in [6, 6.07) is 10.4. The standard InChI is InChI=1S/C20H27N3O2/c1-16(17-5-3-2-4-6-17)15-20(25)23-13-11-22(12-14-23)10-9-19(24)21-18-7-8-18/h2-6,15,18H,7-14H2,1H3,(H,21,24)/b16-15+. The Bertz CT molecular complexity index is 630. The van der Waals surface area contributed by atoms with E-state index in [1.807, 2.05) is 42.2 Å². The van der Waals surface area contributed by atoms with Crippen molar-refractivity contribution in [2.75, 3.05) is 32.7 Å². The highest BCUT2D eigenvalue weighted by Gasteiger charge is 2.24. The van der Waals surface area contributed by atoms with Crippen molar-refractivity contribution in [2.24, 2.45) is 0 Å². The highest BCUT2D eigenvalue weighted by molar-refractivity contribution is 5.94. The molecule has 1 aromatic rings. The molecule has 0 atom stereocenters. The van der Waals surface area contributed by atoms with Crippen LogP contribution in [0, 0.1) is 0 Å². The van der Waals surface area contributed by atoms with Gasteiger partial charge in [-0.15, -0.1) is 0 Å². The normalized spacial score (nSPS) is 18.9. The number of benzene rings is 1. The SMILES string of the molecule is C/C(=C\C(=O)N1CCN(CCC(=O)NC2CC2)CC1)c1ccccc1. The van der Waals surface area contributed by atoms with Crippen LogP contribution < -0.4 is 5.32 Å². The van der Waals surface area contributed by atoms with Crippen LogP contribution in [-0.2, 0) is 9.59 Å². The highest BCUT2D eigenvalue weighted by Crippen LogP contribution is 2.18. The summed E-state index contributed by atoms with van der Waals surface area (Å²) in [6.45, 7) is 5.87. The Morgan fingerprint density at radius 1 is 1.12 bits per heavy atom. The van der Waals surface area contributed by atoms with Crippen LogP contribution in [0.4, 0.5) is 0 Å². The van der Waals surface area contributed by atoms with Gasteiger partial charge in [0.1, 0.15) is 0 Å². The molecule has 0 bridgehead atoms. The van der Waals surface area contributed by atoms with Crippen LogP contribution >= 0.6 is 0 Å². The maximum atomic E-state index is 12.4. The van der Waals surface area contributed by atoms with E-state index in [4.69, 9.17) is 0 Å². The average Bonchev–Trinajstić information content (AvgIpc) is 3.45. The van der Waals surface area contributed by atoms with Crippen LogP contribution in [0.2, 0.25) is 0 Å². The molecule has 5 nitrogen and oxygen atoms in total. The van der Waals surface area contributed by atoms with Gasteiger partial charge in [0, 0.05) is 51.3 Å². The van der Waals surface area contributed by atoms with Crippen molar-refractivity contribution in [3.63, 3.8) is 0 Å². The lowest BCUT2D eigenvalue weighted by atomic mass is 10.1. The van der Waals surface area contributed by atoms with E-state index < -0.39 is 0 Å². The predicted octanol–water partition coefficient (Wildman–Crippen LogP) is 1.90. The Balaban J connectivity index is 1.42. The smallest absolute Gasteiger partial charge is 0.246 e. The number of hydrogen-bond donors (Lipinski definition) is 1. The summed E-state index contributed by atoms with van der Waals surface area (Å²) >= 11 is 0. The molecule has 1 N–H and O–H groups in total. The molecule has 134 valence electrons. The number of amides is 2. The van der Waals surface area contributed by atoms with E-state index in [2.05, 4.69) is 10.2 Å². The van der Waals surface area contributed by atoms with Gasteiger partial charge in [0.05, 0.1) is 0 Å². The summed E-state index contributed by atoms with van der Waals surface area (Å²) in [7, 11) is 0. The Morgan fingerprint density at radius 2 is 1.80 bits per heavy atom. The molecule has 5 heteroatoms. The first kappa shape index (κ1) is 17.7.